The molecule has 5 unspecified atom stereocenters. The van der Waals surface area contributed by atoms with E-state index in [1.807, 2.05) is 13.8 Å². The first kappa shape index (κ1) is 70.3. The van der Waals surface area contributed by atoms with Gasteiger partial charge in [-0.1, -0.05) is 61.9 Å². The van der Waals surface area contributed by atoms with Gasteiger partial charge in [0.1, 0.15) is 0 Å². The fourth-order valence-electron chi connectivity index (χ4n) is 9.93. The Kier molecular flexibility index (Phi) is 28.3. The van der Waals surface area contributed by atoms with Crippen LogP contribution in [0.1, 0.15) is 94.3 Å². The first-order valence-corrected chi connectivity index (χ1v) is 26.7. The number of hydrogen-bond donors (Lipinski definition) is 4. The van der Waals surface area contributed by atoms with Gasteiger partial charge in [-0.15, -0.1) is 0 Å². The van der Waals surface area contributed by atoms with E-state index in [1.54, 1.807) is 0 Å². The number of nitrogens with one attached hydrogen (secondary N) is 4. The molecule has 6 aliphatic heterocycles. The summed E-state index contributed by atoms with van der Waals surface area (Å²) in [5.41, 5.74) is 24.6. The molecular formula is C63H91K2N11O2. The smallest absolute Gasteiger partial charge is 0.870 e. The summed E-state index contributed by atoms with van der Waals surface area (Å²) in [6.07, 6.45) is 3.18. The number of anilines is 10. The zero-order valence-electron chi connectivity index (χ0n) is 51.5. The Morgan fingerprint density at radius 2 is 0.628 bits per heavy atom. The molecule has 13 nitrogen and oxygen atoms in total. The average Bonchev–Trinajstić information content (AvgIpc) is 4.18. The Hall–Kier alpha value is -3.82. The Morgan fingerprint density at radius 1 is 0.359 bits per heavy atom. The van der Waals surface area contributed by atoms with Crippen molar-refractivity contribution in [1.29, 1.82) is 0 Å². The van der Waals surface area contributed by atoms with E-state index < -0.39 is 0 Å². The average molecular weight is 1110 g/mol. The van der Waals surface area contributed by atoms with Gasteiger partial charge in [0, 0.05) is 54.4 Å². The van der Waals surface area contributed by atoms with Crippen LogP contribution in [0.2, 0.25) is 0 Å². The fraction of sp³-hybridized carbons (Fsp3) is 0.413. The van der Waals surface area contributed by atoms with Crippen LogP contribution in [0.25, 0.3) is 0 Å². The number of benzene rings is 6. The van der Waals surface area contributed by atoms with Crippen molar-refractivity contribution in [3.8, 4) is 0 Å². The summed E-state index contributed by atoms with van der Waals surface area (Å²) in [5.74, 6) is 0. The van der Waals surface area contributed by atoms with Crippen molar-refractivity contribution in [3.05, 3.63) is 148 Å². The first-order valence-electron chi connectivity index (χ1n) is 26.7. The third kappa shape index (κ3) is 17.1. The van der Waals surface area contributed by atoms with E-state index in [9.17, 15) is 0 Å². The van der Waals surface area contributed by atoms with Crippen LogP contribution in [0.5, 0.6) is 0 Å². The molecular weight excluding hydrogens is 1020 g/mol. The number of nitrogens with zero attached hydrogens (tertiary/aromatic N) is 7. The molecule has 0 saturated carbocycles. The van der Waals surface area contributed by atoms with Gasteiger partial charge in [0.2, 0.25) is 0 Å². The van der Waals surface area contributed by atoms with Crippen LogP contribution in [0, 0.1) is 41.5 Å². The molecule has 0 aromatic heterocycles. The number of aryl methyl sites for hydroxylation is 6. The van der Waals surface area contributed by atoms with Crippen molar-refractivity contribution in [3.63, 3.8) is 0 Å². The van der Waals surface area contributed by atoms with E-state index in [0.717, 1.165) is 12.1 Å². The van der Waals surface area contributed by atoms with Crippen molar-refractivity contribution >= 4 is 68.3 Å². The molecule has 0 saturated heterocycles. The van der Waals surface area contributed by atoms with Crippen LogP contribution in [0.15, 0.2) is 114 Å². The maximum Gasteiger partial charge on any atom is 1.00 e. The summed E-state index contributed by atoms with van der Waals surface area (Å²) in [6, 6.07) is 39.0. The standard InChI is InChI=1S/3C11H16N2.C10H11N.2C9H12N2.C2H6.2K.2H2O/c3*1-8-5-6-10-11(7-8)13(4)9(2)12(10)3;1-7-3-4-10-9(5-7)6-8(2)11-10;2*1-6-3-4-8-9(5-6)11-7(2)10-8;1-2;;;;/h3*5-7,9H,1-4H3;3-5H,6H2,1-2H3;2*3-5,7,10-11H,1-2H3;1-2H3;;;2*1H2/q;;;;;;;2*+1;;/p-2. The Labute approximate surface area is 555 Å². The molecule has 0 spiro atoms. The van der Waals surface area contributed by atoms with Gasteiger partial charge in [0.05, 0.1) is 93.4 Å². The molecule has 78 heavy (non-hydrogen) atoms. The molecule has 6 aromatic carbocycles. The maximum atomic E-state index is 4.41. The van der Waals surface area contributed by atoms with Gasteiger partial charge in [-0.2, -0.15) is 0 Å². The Morgan fingerprint density at radius 3 is 0.974 bits per heavy atom. The topological polar surface area (TPSA) is 140 Å². The van der Waals surface area contributed by atoms with Gasteiger partial charge in [0.15, 0.2) is 0 Å². The normalized spacial score (nSPS) is 18.3. The summed E-state index contributed by atoms with van der Waals surface area (Å²) in [4.78, 5) is 18.2. The van der Waals surface area contributed by atoms with Gasteiger partial charge in [0.25, 0.3) is 0 Å². The minimum atomic E-state index is 0. The third-order valence-corrected chi connectivity index (χ3v) is 14.9. The minimum absolute atomic E-state index is 0. The third-order valence-electron chi connectivity index (χ3n) is 14.9. The molecule has 0 amide bonds. The van der Waals surface area contributed by atoms with E-state index >= 15 is 0 Å². The van der Waals surface area contributed by atoms with Crippen molar-refractivity contribution in [1.82, 2.24) is 0 Å². The van der Waals surface area contributed by atoms with Crippen molar-refractivity contribution in [2.45, 2.75) is 134 Å². The van der Waals surface area contributed by atoms with Crippen molar-refractivity contribution in [2.24, 2.45) is 4.99 Å². The SMILES string of the molecule is CC.CC1=Nc2ccc(C)cc2C1.Cc1ccc2c(c1)N(C)C(C)N2C.Cc1ccc2c(c1)N(C)C(C)N2C.Cc1ccc2c(c1)N(C)C(C)N2C.Cc1ccc2c(c1)NC(C)N2.Cc1ccc2c(c1)NC(C)N2.[K+].[K+].[OH-].[OH-]. The number of rotatable bonds is 0. The summed E-state index contributed by atoms with van der Waals surface area (Å²) in [6.45, 7) is 29.7. The molecule has 6 N–H and O–H groups in total. The second kappa shape index (κ2) is 31.4. The summed E-state index contributed by atoms with van der Waals surface area (Å²) >= 11 is 0. The monoisotopic (exact) mass is 1110 g/mol. The molecule has 5 atom stereocenters. The van der Waals surface area contributed by atoms with E-state index in [0.29, 0.717) is 30.8 Å². The fourth-order valence-corrected chi connectivity index (χ4v) is 9.93. The van der Waals surface area contributed by atoms with E-state index in [-0.39, 0.29) is 114 Å². The van der Waals surface area contributed by atoms with Gasteiger partial charge in [-0.3, -0.25) is 4.99 Å². The van der Waals surface area contributed by atoms with Crippen molar-refractivity contribution in [2.75, 3.05) is 93.0 Å². The van der Waals surface area contributed by atoms with Gasteiger partial charge >= 0.3 is 103 Å². The first-order chi connectivity index (χ1) is 35.1. The van der Waals surface area contributed by atoms with Crippen molar-refractivity contribution < 1.29 is 114 Å². The number of aliphatic imine (C=N–C) groups is 1. The Bertz CT molecular complexity index is 2680. The summed E-state index contributed by atoms with van der Waals surface area (Å²) in [7, 11) is 12.9. The van der Waals surface area contributed by atoms with E-state index in [2.05, 4.69) is 290 Å². The Balaban J connectivity index is 0.000000315. The number of fused-ring (bicyclic) bond motifs is 6. The molecule has 0 bridgehead atoms. The summed E-state index contributed by atoms with van der Waals surface area (Å²) in [5, 5.41) is 13.3. The largest absolute Gasteiger partial charge is 1.00 e. The molecule has 0 radical (unpaired) electrons. The van der Waals surface area contributed by atoms with Gasteiger partial charge in [-0.25, -0.2) is 0 Å². The van der Waals surface area contributed by atoms with Crippen LogP contribution >= 0.6 is 0 Å². The molecule has 412 valence electrons. The zero-order chi connectivity index (χ0) is 54.3. The van der Waals surface area contributed by atoms with Gasteiger partial charge in [-0.05, 0) is 183 Å². The van der Waals surface area contributed by atoms with Crippen LogP contribution in [-0.2, 0) is 6.42 Å². The summed E-state index contributed by atoms with van der Waals surface area (Å²) < 4.78 is 0. The van der Waals surface area contributed by atoms with Crippen LogP contribution < -0.4 is 153 Å². The van der Waals surface area contributed by atoms with Crippen LogP contribution in [0.3, 0.4) is 0 Å². The maximum absolute atomic E-state index is 4.41. The molecule has 6 aliphatic rings. The van der Waals surface area contributed by atoms with Crippen LogP contribution in [0.4, 0.5) is 62.6 Å². The zero-order valence-corrected chi connectivity index (χ0v) is 57.8. The molecule has 0 aliphatic carbocycles. The quantitative estimate of drug-likeness (QED) is 0.109. The molecule has 12 rings (SSSR count). The molecule has 6 heterocycles. The van der Waals surface area contributed by atoms with E-state index in [1.165, 1.54) is 102 Å². The second-order valence-electron chi connectivity index (χ2n) is 20.8. The minimum Gasteiger partial charge on any atom is -0.870 e. The number of hydrogen-bond acceptors (Lipinski definition) is 13. The predicted octanol–water partition coefficient (Wildman–Crippen LogP) is 8.36. The van der Waals surface area contributed by atoms with E-state index in [4.69, 9.17) is 0 Å². The molecule has 0 fully saturated rings. The van der Waals surface area contributed by atoms with Crippen LogP contribution in [-0.4, -0.2) is 89.8 Å². The molecule has 15 heteroatoms. The van der Waals surface area contributed by atoms with Gasteiger partial charge < -0.3 is 61.6 Å². The second-order valence-corrected chi connectivity index (χ2v) is 20.8. The molecule has 6 aromatic rings. The predicted molar refractivity (Wildman–Crippen MR) is 331 cm³/mol.